The summed E-state index contributed by atoms with van der Waals surface area (Å²) in [6, 6.07) is 15.9. The van der Waals surface area contributed by atoms with Gasteiger partial charge in [-0.2, -0.15) is 5.26 Å². The molecule has 2 aromatic carbocycles. The third-order valence-electron chi connectivity index (χ3n) is 8.59. The fraction of sp³-hybridized carbons (Fsp3) is 0.250. The Bertz CT molecular complexity index is 2080. The van der Waals surface area contributed by atoms with Gasteiger partial charge in [0.2, 0.25) is 0 Å². The Hall–Kier alpha value is -5.43. The molecule has 5 aromatic rings. The Balaban J connectivity index is 1.51. The number of carbonyl (C=O) groups excluding carboxylic acids is 2. The summed E-state index contributed by atoms with van der Waals surface area (Å²) in [5, 5.41) is 12.9. The lowest BCUT2D eigenvalue weighted by Gasteiger charge is -2.26. The van der Waals surface area contributed by atoms with Crippen molar-refractivity contribution in [1.82, 2.24) is 19.9 Å². The molecule has 0 spiro atoms. The van der Waals surface area contributed by atoms with Crippen LogP contribution in [0.2, 0.25) is 0 Å². The summed E-state index contributed by atoms with van der Waals surface area (Å²) in [4.78, 5) is 36.6. The van der Waals surface area contributed by atoms with Crippen LogP contribution < -0.4 is 11.1 Å². The molecule has 10 heteroatoms. The standard InChI is InChI=1S/C36H32F2N6O2/c1-19(2)13-28-30(33(40)45)29(31-32(42-28)36(4,43-35(31)46)16-21-5-9-26(37)10-6-21)25-14-23-11-12-44(34(23)41-18-25)20(3)22-7-8-24(17-39)27(38)15-22/h5-12,14-15,18-20H,13,16H2,1-4H3,(H2,40,45)(H,43,46)/t20-,36-/m0/s1. The summed E-state index contributed by atoms with van der Waals surface area (Å²) in [6.45, 7) is 7.80. The number of rotatable bonds is 8. The predicted molar refractivity (Wildman–Crippen MR) is 170 cm³/mol. The van der Waals surface area contributed by atoms with Crippen molar-refractivity contribution < 1.29 is 18.4 Å². The van der Waals surface area contributed by atoms with Crippen LogP contribution in [0.15, 0.2) is 67.0 Å². The molecule has 0 fully saturated rings. The second-order valence-corrected chi connectivity index (χ2v) is 12.5. The molecule has 0 saturated heterocycles. The highest BCUT2D eigenvalue weighted by Crippen LogP contribution is 2.42. The van der Waals surface area contributed by atoms with E-state index < -0.39 is 23.2 Å². The van der Waals surface area contributed by atoms with Crippen LogP contribution in [0.1, 0.15) is 82.5 Å². The summed E-state index contributed by atoms with van der Waals surface area (Å²) in [6.07, 6.45) is 4.24. The average Bonchev–Trinajstić information content (AvgIpc) is 3.54. The lowest BCUT2D eigenvalue weighted by atomic mass is 9.85. The van der Waals surface area contributed by atoms with E-state index in [4.69, 9.17) is 21.0 Å². The van der Waals surface area contributed by atoms with Crippen molar-refractivity contribution in [3.63, 3.8) is 0 Å². The number of primary amides is 1. The lowest BCUT2D eigenvalue weighted by molar-refractivity contribution is 0.0935. The molecule has 1 aliphatic rings. The van der Waals surface area contributed by atoms with E-state index in [0.29, 0.717) is 46.6 Å². The third kappa shape index (κ3) is 5.28. The van der Waals surface area contributed by atoms with Gasteiger partial charge in [0, 0.05) is 35.3 Å². The molecule has 4 heterocycles. The highest BCUT2D eigenvalue weighted by molar-refractivity contribution is 6.12. The van der Waals surface area contributed by atoms with Crippen LogP contribution >= 0.6 is 0 Å². The number of pyridine rings is 2. The van der Waals surface area contributed by atoms with Crippen molar-refractivity contribution in [2.45, 2.75) is 52.1 Å². The summed E-state index contributed by atoms with van der Waals surface area (Å²) in [5.41, 5.74) is 9.45. The van der Waals surface area contributed by atoms with E-state index in [1.54, 1.807) is 24.4 Å². The molecule has 6 rings (SSSR count). The number of amides is 2. The number of nitriles is 1. The van der Waals surface area contributed by atoms with E-state index in [1.165, 1.54) is 24.3 Å². The number of carbonyl (C=O) groups is 2. The first-order valence-corrected chi connectivity index (χ1v) is 15.0. The fourth-order valence-corrected chi connectivity index (χ4v) is 6.39. The van der Waals surface area contributed by atoms with E-state index in [1.807, 2.05) is 56.7 Å². The monoisotopic (exact) mass is 618 g/mol. The van der Waals surface area contributed by atoms with E-state index in [0.717, 1.165) is 10.9 Å². The maximum Gasteiger partial charge on any atom is 0.254 e. The van der Waals surface area contributed by atoms with Gasteiger partial charge in [-0.25, -0.2) is 13.8 Å². The van der Waals surface area contributed by atoms with Gasteiger partial charge in [-0.3, -0.25) is 14.6 Å². The van der Waals surface area contributed by atoms with E-state index in [9.17, 15) is 18.4 Å². The summed E-state index contributed by atoms with van der Waals surface area (Å²) in [5.74, 6) is -1.91. The molecule has 0 radical (unpaired) electrons. The zero-order chi connectivity index (χ0) is 32.9. The molecule has 0 bridgehead atoms. The zero-order valence-corrected chi connectivity index (χ0v) is 25.9. The Labute approximate surface area is 264 Å². The Morgan fingerprint density at radius 1 is 1.09 bits per heavy atom. The van der Waals surface area contributed by atoms with Crippen molar-refractivity contribution in [1.29, 1.82) is 5.26 Å². The number of fused-ring (bicyclic) bond motifs is 2. The van der Waals surface area contributed by atoms with Crippen molar-refractivity contribution in [2.75, 3.05) is 0 Å². The SMILES string of the molecule is CC(C)Cc1nc2c(c(-c3cnc4c(ccn4[C@@H](C)c4ccc(C#N)c(F)c4)c3)c1C(N)=O)C(=O)N[C@@]2(C)Cc1ccc(F)cc1. The molecule has 2 amide bonds. The summed E-state index contributed by atoms with van der Waals surface area (Å²) in [7, 11) is 0. The van der Waals surface area contributed by atoms with Crippen LogP contribution in [0.25, 0.3) is 22.2 Å². The highest BCUT2D eigenvalue weighted by Gasteiger charge is 2.44. The van der Waals surface area contributed by atoms with Crippen molar-refractivity contribution in [2.24, 2.45) is 11.7 Å². The molecule has 1 aliphatic heterocycles. The maximum absolute atomic E-state index is 14.4. The molecule has 3 aromatic heterocycles. The number of halogens is 2. The second-order valence-electron chi connectivity index (χ2n) is 12.5. The molecule has 232 valence electrons. The first-order valence-electron chi connectivity index (χ1n) is 15.0. The van der Waals surface area contributed by atoms with Crippen LogP contribution in [0.5, 0.6) is 0 Å². The minimum absolute atomic E-state index is 0.0270. The number of hydrogen-bond acceptors (Lipinski definition) is 5. The molecule has 2 atom stereocenters. The van der Waals surface area contributed by atoms with Gasteiger partial charge in [-0.05, 0) is 73.7 Å². The van der Waals surface area contributed by atoms with Crippen molar-refractivity contribution in [3.8, 4) is 17.2 Å². The normalized spacial score (nSPS) is 16.3. The third-order valence-corrected chi connectivity index (χ3v) is 8.59. The fourth-order valence-electron chi connectivity index (χ4n) is 6.39. The molecule has 46 heavy (non-hydrogen) atoms. The summed E-state index contributed by atoms with van der Waals surface area (Å²) >= 11 is 0. The van der Waals surface area contributed by atoms with Gasteiger partial charge in [-0.15, -0.1) is 0 Å². The van der Waals surface area contributed by atoms with Gasteiger partial charge >= 0.3 is 0 Å². The molecule has 3 N–H and O–H groups in total. The second kappa shape index (κ2) is 11.5. The zero-order valence-electron chi connectivity index (χ0n) is 25.9. The van der Waals surface area contributed by atoms with Crippen molar-refractivity contribution in [3.05, 3.63) is 118 Å². The Morgan fingerprint density at radius 3 is 2.48 bits per heavy atom. The molecule has 0 saturated carbocycles. The topological polar surface area (TPSA) is 127 Å². The molecular formula is C36H32F2N6O2. The molecule has 8 nitrogen and oxygen atoms in total. The van der Waals surface area contributed by atoms with E-state index >= 15 is 0 Å². The minimum atomic E-state index is -0.937. The number of aromatic nitrogens is 3. The summed E-state index contributed by atoms with van der Waals surface area (Å²) < 4.78 is 30.0. The minimum Gasteiger partial charge on any atom is -0.366 e. The van der Waals surface area contributed by atoms with Crippen LogP contribution in [0, 0.1) is 28.9 Å². The largest absolute Gasteiger partial charge is 0.366 e. The molecule has 0 unspecified atom stereocenters. The maximum atomic E-state index is 14.4. The number of nitrogens with zero attached hydrogens (tertiary/aromatic N) is 4. The van der Waals surface area contributed by atoms with Crippen LogP contribution in [-0.2, 0) is 18.4 Å². The average molecular weight is 619 g/mol. The first kappa shape index (κ1) is 30.6. The van der Waals surface area contributed by atoms with E-state index in [-0.39, 0.29) is 34.5 Å². The Morgan fingerprint density at radius 2 is 1.83 bits per heavy atom. The van der Waals surface area contributed by atoms with Gasteiger partial charge < -0.3 is 15.6 Å². The van der Waals surface area contributed by atoms with Crippen LogP contribution in [0.4, 0.5) is 8.78 Å². The molecular weight excluding hydrogens is 586 g/mol. The number of nitrogens with one attached hydrogen (secondary N) is 1. The first-order chi connectivity index (χ1) is 21.9. The van der Waals surface area contributed by atoms with Crippen molar-refractivity contribution >= 4 is 22.8 Å². The van der Waals surface area contributed by atoms with Gasteiger partial charge in [0.1, 0.15) is 23.4 Å². The van der Waals surface area contributed by atoms with E-state index in [2.05, 4.69) is 5.32 Å². The number of benzene rings is 2. The highest BCUT2D eigenvalue weighted by atomic mass is 19.1. The lowest BCUT2D eigenvalue weighted by Crippen LogP contribution is -2.39. The number of nitrogens with two attached hydrogens (primary N) is 1. The Kier molecular flexibility index (Phi) is 7.64. The van der Waals surface area contributed by atoms with Crippen LogP contribution in [-0.4, -0.2) is 26.3 Å². The van der Waals surface area contributed by atoms with Gasteiger partial charge in [0.05, 0.1) is 39.7 Å². The van der Waals surface area contributed by atoms with Gasteiger partial charge in [0.15, 0.2) is 0 Å². The quantitative estimate of drug-likeness (QED) is 0.209. The predicted octanol–water partition coefficient (Wildman–Crippen LogP) is 6.36. The number of hydrogen-bond donors (Lipinski definition) is 2. The smallest absolute Gasteiger partial charge is 0.254 e. The van der Waals surface area contributed by atoms with Crippen LogP contribution in [0.3, 0.4) is 0 Å². The molecule has 0 aliphatic carbocycles. The van der Waals surface area contributed by atoms with Gasteiger partial charge in [-0.1, -0.05) is 32.0 Å². The van der Waals surface area contributed by atoms with Gasteiger partial charge in [0.25, 0.3) is 11.8 Å².